The molecule has 0 saturated heterocycles. The van der Waals surface area contributed by atoms with Gasteiger partial charge in [-0.15, -0.1) is 0 Å². The maximum absolute atomic E-state index is 12.7. The predicted molar refractivity (Wildman–Crippen MR) is 82.6 cm³/mol. The van der Waals surface area contributed by atoms with Crippen LogP contribution in [-0.2, 0) is 4.79 Å². The van der Waals surface area contributed by atoms with Gasteiger partial charge in [0, 0.05) is 42.5 Å². The summed E-state index contributed by atoms with van der Waals surface area (Å²) in [5.41, 5.74) is 1.68. The van der Waals surface area contributed by atoms with Gasteiger partial charge in [-0.1, -0.05) is 11.6 Å². The van der Waals surface area contributed by atoms with Crippen molar-refractivity contribution in [3.05, 3.63) is 29.7 Å². The first-order valence-corrected chi connectivity index (χ1v) is 7.68. The van der Waals surface area contributed by atoms with Gasteiger partial charge in [-0.2, -0.15) is 13.9 Å². The summed E-state index contributed by atoms with van der Waals surface area (Å²) in [6.45, 7) is -2.69. The zero-order valence-electron chi connectivity index (χ0n) is 12.2. The van der Waals surface area contributed by atoms with Crippen molar-refractivity contribution in [1.29, 1.82) is 0 Å². The molecule has 0 spiro atoms. The lowest BCUT2D eigenvalue weighted by Crippen LogP contribution is -2.26. The number of Topliss-reactive ketones (excluding diaryl/α,β-unsaturated/α-hetero) is 1. The van der Waals surface area contributed by atoms with E-state index in [1.54, 1.807) is 6.07 Å². The Balaban J connectivity index is 1.86. The predicted octanol–water partition coefficient (Wildman–Crippen LogP) is 3.92. The molecule has 122 valence electrons. The van der Waals surface area contributed by atoms with Crippen molar-refractivity contribution < 1.29 is 13.6 Å². The van der Waals surface area contributed by atoms with Crippen LogP contribution in [0.2, 0.25) is 5.15 Å². The van der Waals surface area contributed by atoms with Crippen LogP contribution in [0.15, 0.2) is 24.5 Å². The van der Waals surface area contributed by atoms with Crippen LogP contribution in [-0.4, -0.2) is 26.6 Å². The Labute approximate surface area is 136 Å². The number of nitrogens with one attached hydrogen (secondary N) is 1. The highest BCUT2D eigenvalue weighted by molar-refractivity contribution is 6.29. The van der Waals surface area contributed by atoms with Crippen LogP contribution in [0, 0.1) is 0 Å². The smallest absolute Gasteiger partial charge is 0.333 e. The molecule has 0 aromatic carbocycles. The molecule has 2 aromatic heterocycles. The number of anilines is 1. The number of pyridine rings is 1. The van der Waals surface area contributed by atoms with Crippen molar-refractivity contribution in [2.75, 3.05) is 5.32 Å². The first-order chi connectivity index (χ1) is 11.0. The van der Waals surface area contributed by atoms with Gasteiger partial charge < -0.3 is 5.32 Å². The third-order valence-electron chi connectivity index (χ3n) is 3.86. The van der Waals surface area contributed by atoms with Gasteiger partial charge >= 0.3 is 6.55 Å². The second-order valence-corrected chi connectivity index (χ2v) is 5.86. The molecule has 1 fully saturated rings. The number of nitrogens with zero attached hydrogens (tertiary/aromatic N) is 3. The Morgan fingerprint density at radius 2 is 2.09 bits per heavy atom. The lowest BCUT2D eigenvalue weighted by molar-refractivity contribution is -0.120. The van der Waals surface area contributed by atoms with Crippen molar-refractivity contribution in [3.8, 4) is 11.3 Å². The number of ketones is 1. The molecular weight excluding hydrogens is 326 g/mol. The van der Waals surface area contributed by atoms with E-state index < -0.39 is 6.55 Å². The minimum atomic E-state index is -2.69. The summed E-state index contributed by atoms with van der Waals surface area (Å²) < 4.78 is 26.0. The Bertz CT molecular complexity index is 709. The van der Waals surface area contributed by atoms with Crippen LogP contribution in [0.25, 0.3) is 11.3 Å². The number of carbonyl (C=O) groups excluding carboxylic acids is 1. The van der Waals surface area contributed by atoms with Crippen LogP contribution >= 0.6 is 11.6 Å². The Kier molecular flexibility index (Phi) is 4.56. The van der Waals surface area contributed by atoms with Crippen molar-refractivity contribution in [3.63, 3.8) is 0 Å². The van der Waals surface area contributed by atoms with E-state index in [1.807, 2.05) is 0 Å². The average molecular weight is 341 g/mol. The fourth-order valence-corrected chi connectivity index (χ4v) is 2.81. The number of hydrogen-bond acceptors (Lipinski definition) is 4. The van der Waals surface area contributed by atoms with Gasteiger partial charge in [-0.3, -0.25) is 4.79 Å². The third-order valence-corrected chi connectivity index (χ3v) is 4.06. The molecule has 1 aliphatic carbocycles. The zero-order valence-corrected chi connectivity index (χ0v) is 12.9. The maximum atomic E-state index is 12.7. The SMILES string of the molecule is O=C1CCC(Nc2cc(Cl)ncc2-c2ccn(C(F)F)n2)CC1. The molecule has 1 saturated carbocycles. The average Bonchev–Trinajstić information content (AvgIpc) is 3.00. The molecule has 1 N–H and O–H groups in total. The van der Waals surface area contributed by atoms with Crippen molar-refractivity contribution in [1.82, 2.24) is 14.8 Å². The molecule has 8 heteroatoms. The number of rotatable bonds is 4. The Morgan fingerprint density at radius 1 is 1.35 bits per heavy atom. The molecule has 0 aliphatic heterocycles. The van der Waals surface area contributed by atoms with E-state index in [4.69, 9.17) is 11.6 Å². The van der Waals surface area contributed by atoms with Gasteiger partial charge in [0.15, 0.2) is 0 Å². The van der Waals surface area contributed by atoms with E-state index in [1.165, 1.54) is 18.5 Å². The van der Waals surface area contributed by atoms with Gasteiger partial charge in [-0.05, 0) is 25.0 Å². The number of alkyl halides is 2. The minimum absolute atomic E-state index is 0.141. The topological polar surface area (TPSA) is 59.8 Å². The molecule has 0 atom stereocenters. The summed E-state index contributed by atoms with van der Waals surface area (Å²) in [6.07, 6.45) is 5.31. The van der Waals surface area contributed by atoms with E-state index in [2.05, 4.69) is 15.4 Å². The van der Waals surface area contributed by atoms with Crippen molar-refractivity contribution >= 4 is 23.1 Å². The molecule has 23 heavy (non-hydrogen) atoms. The fraction of sp³-hybridized carbons (Fsp3) is 0.400. The summed E-state index contributed by atoms with van der Waals surface area (Å²) >= 11 is 5.95. The Morgan fingerprint density at radius 3 is 2.74 bits per heavy atom. The number of carbonyl (C=O) groups is 1. The molecule has 0 radical (unpaired) electrons. The monoisotopic (exact) mass is 340 g/mol. The summed E-state index contributed by atoms with van der Waals surface area (Å²) in [4.78, 5) is 15.3. The van der Waals surface area contributed by atoms with E-state index in [-0.39, 0.29) is 11.8 Å². The fourth-order valence-electron chi connectivity index (χ4n) is 2.65. The molecule has 0 bridgehead atoms. The van der Waals surface area contributed by atoms with E-state index in [0.717, 1.165) is 12.8 Å². The summed E-state index contributed by atoms with van der Waals surface area (Å²) in [7, 11) is 0. The highest BCUT2D eigenvalue weighted by Gasteiger charge is 2.20. The van der Waals surface area contributed by atoms with Crippen LogP contribution in [0.1, 0.15) is 32.2 Å². The van der Waals surface area contributed by atoms with Gasteiger partial charge in [0.25, 0.3) is 0 Å². The molecule has 0 unspecified atom stereocenters. The number of aromatic nitrogens is 3. The second kappa shape index (κ2) is 6.62. The van der Waals surface area contributed by atoms with Gasteiger partial charge in [0.1, 0.15) is 10.9 Å². The summed E-state index contributed by atoms with van der Waals surface area (Å²) in [6, 6.07) is 3.29. The van der Waals surface area contributed by atoms with E-state index >= 15 is 0 Å². The molecule has 0 amide bonds. The lowest BCUT2D eigenvalue weighted by atomic mass is 9.94. The highest BCUT2D eigenvalue weighted by Crippen LogP contribution is 2.31. The van der Waals surface area contributed by atoms with Gasteiger partial charge in [0.2, 0.25) is 0 Å². The molecular formula is C15H15ClF2N4O. The molecule has 2 heterocycles. The van der Waals surface area contributed by atoms with E-state index in [0.29, 0.717) is 39.6 Å². The summed E-state index contributed by atoms with van der Waals surface area (Å²) in [5, 5.41) is 7.50. The largest absolute Gasteiger partial charge is 0.382 e. The molecule has 5 nitrogen and oxygen atoms in total. The summed E-state index contributed by atoms with van der Waals surface area (Å²) in [5.74, 6) is 0.270. The van der Waals surface area contributed by atoms with Gasteiger partial charge in [0.05, 0.1) is 5.69 Å². The second-order valence-electron chi connectivity index (χ2n) is 5.47. The quantitative estimate of drug-likeness (QED) is 0.857. The standard InChI is InChI=1S/C15H15ClF2N4O/c16-14-7-13(20-9-1-3-10(23)4-2-9)11(8-19-14)12-5-6-22(21-12)15(17)18/h5-9,15H,1-4H2,(H,19,20). The molecule has 1 aliphatic rings. The van der Waals surface area contributed by atoms with Crippen molar-refractivity contribution in [2.24, 2.45) is 0 Å². The third kappa shape index (κ3) is 3.67. The van der Waals surface area contributed by atoms with Crippen LogP contribution < -0.4 is 5.32 Å². The Hall–Kier alpha value is -2.02. The van der Waals surface area contributed by atoms with Crippen LogP contribution in [0.3, 0.4) is 0 Å². The molecule has 3 rings (SSSR count). The normalized spacial score (nSPS) is 16.1. The maximum Gasteiger partial charge on any atom is 0.333 e. The number of hydrogen-bond donors (Lipinski definition) is 1. The zero-order chi connectivity index (χ0) is 16.4. The first kappa shape index (κ1) is 15.9. The highest BCUT2D eigenvalue weighted by atomic mass is 35.5. The first-order valence-electron chi connectivity index (χ1n) is 7.30. The van der Waals surface area contributed by atoms with Crippen molar-refractivity contribution in [2.45, 2.75) is 38.3 Å². The number of halogens is 3. The minimum Gasteiger partial charge on any atom is -0.382 e. The molecule has 2 aromatic rings. The van der Waals surface area contributed by atoms with E-state index in [9.17, 15) is 13.6 Å². The van der Waals surface area contributed by atoms with Crippen LogP contribution in [0.5, 0.6) is 0 Å². The van der Waals surface area contributed by atoms with Crippen LogP contribution in [0.4, 0.5) is 14.5 Å². The lowest BCUT2D eigenvalue weighted by Gasteiger charge is -2.24. The van der Waals surface area contributed by atoms with Gasteiger partial charge in [-0.25, -0.2) is 9.67 Å².